The summed E-state index contributed by atoms with van der Waals surface area (Å²) in [6.45, 7) is -0.660. The number of aromatic nitrogens is 2. The van der Waals surface area contributed by atoms with Gasteiger partial charge in [0.1, 0.15) is 0 Å². The molecule has 5 nitrogen and oxygen atoms in total. The molecule has 1 aromatic heterocycles. The lowest BCUT2D eigenvalue weighted by atomic mass is 11.0. The van der Waals surface area contributed by atoms with Crippen molar-refractivity contribution in [3.05, 3.63) is 0 Å². The zero-order chi connectivity index (χ0) is 11.3. The van der Waals surface area contributed by atoms with E-state index in [1.807, 2.05) is 6.92 Å². The topological polar surface area (TPSA) is 53.5 Å². The third kappa shape index (κ3) is 3.97. The molecule has 0 bridgehead atoms. The van der Waals surface area contributed by atoms with E-state index in [2.05, 4.69) is 9.36 Å². The van der Waals surface area contributed by atoms with E-state index in [4.69, 9.17) is 25.4 Å². The largest absolute Gasteiger partial charge is 0.388 e. The van der Waals surface area contributed by atoms with Crippen molar-refractivity contribution in [2.45, 2.75) is 11.3 Å². The first-order valence-electron chi connectivity index (χ1n) is 4.01. The Morgan fingerprint density at radius 2 is 2.13 bits per heavy atom. The molecule has 0 atom stereocenters. The number of hydrogen-bond donors (Lipinski definition) is 0. The Labute approximate surface area is 102 Å². The van der Waals surface area contributed by atoms with Crippen molar-refractivity contribution in [3.63, 3.8) is 0 Å². The van der Waals surface area contributed by atoms with Crippen LogP contribution in [0.15, 0.2) is 4.34 Å². The van der Waals surface area contributed by atoms with Crippen molar-refractivity contribution in [3.8, 4) is 6.01 Å². The highest BCUT2D eigenvalue weighted by atomic mass is 32.5. The molecule has 0 saturated carbocycles. The maximum Gasteiger partial charge on any atom is 0.382 e. The van der Waals surface area contributed by atoms with Gasteiger partial charge in [0.2, 0.25) is 0 Å². The molecule has 0 radical (unpaired) electrons. The first-order chi connectivity index (χ1) is 7.13. The Morgan fingerprint density at radius 3 is 2.67 bits per heavy atom. The molecule has 15 heavy (non-hydrogen) atoms. The van der Waals surface area contributed by atoms with E-state index in [0.717, 1.165) is 10.1 Å². The van der Waals surface area contributed by atoms with Crippen LogP contribution in [0.4, 0.5) is 0 Å². The Kier molecular flexibility index (Phi) is 5.45. The molecule has 0 unspecified atom stereocenters. The molecule has 1 aromatic rings. The molecular weight excluding hydrogens is 275 g/mol. The standard InChI is InChI=1S/C6H11N2O3PS3/c1-4-14-6-7-5(8-15-6)11-12(13,9-2)10-3/h4H2,1-3H3. The van der Waals surface area contributed by atoms with Gasteiger partial charge in [-0.25, -0.2) is 0 Å². The highest BCUT2D eigenvalue weighted by Crippen LogP contribution is 2.47. The van der Waals surface area contributed by atoms with E-state index in [9.17, 15) is 0 Å². The molecular formula is C6H11N2O3PS3. The monoisotopic (exact) mass is 286 g/mol. The van der Waals surface area contributed by atoms with E-state index in [1.165, 1.54) is 25.8 Å². The van der Waals surface area contributed by atoms with Gasteiger partial charge in [0.05, 0.1) is 0 Å². The molecule has 9 heteroatoms. The number of hydrogen-bond acceptors (Lipinski definition) is 8. The van der Waals surface area contributed by atoms with Gasteiger partial charge >= 0.3 is 12.7 Å². The summed E-state index contributed by atoms with van der Waals surface area (Å²) < 4.78 is 20.1. The second-order valence-electron chi connectivity index (χ2n) is 2.18. The summed E-state index contributed by atoms with van der Waals surface area (Å²) in [5, 5.41) is 0. The number of rotatable bonds is 6. The van der Waals surface area contributed by atoms with Gasteiger partial charge < -0.3 is 13.6 Å². The molecule has 86 valence electrons. The maximum absolute atomic E-state index is 5.28. The fourth-order valence-electron chi connectivity index (χ4n) is 0.665. The second kappa shape index (κ2) is 6.12. The first-order valence-corrected chi connectivity index (χ1v) is 8.32. The average Bonchev–Trinajstić information content (AvgIpc) is 2.66. The summed E-state index contributed by atoms with van der Waals surface area (Å²) in [5.74, 6) is 0.942. The normalized spacial score (nSPS) is 11.7. The van der Waals surface area contributed by atoms with Crippen molar-refractivity contribution < 1.29 is 13.6 Å². The summed E-state index contributed by atoms with van der Waals surface area (Å²) in [6.07, 6.45) is 0. The van der Waals surface area contributed by atoms with Crippen LogP contribution in [0.1, 0.15) is 6.92 Å². The lowest BCUT2D eigenvalue weighted by molar-refractivity contribution is 0.268. The SMILES string of the molecule is CCSc1nc(OP(=S)(OC)OC)ns1. The van der Waals surface area contributed by atoms with Crippen LogP contribution in [-0.2, 0) is 20.9 Å². The van der Waals surface area contributed by atoms with Gasteiger partial charge in [0.15, 0.2) is 4.34 Å². The molecule has 0 spiro atoms. The molecule has 0 fully saturated rings. The number of thioether (sulfide) groups is 1. The zero-order valence-electron chi connectivity index (χ0n) is 8.50. The van der Waals surface area contributed by atoms with Gasteiger partial charge in [-0.2, -0.15) is 4.98 Å². The molecule has 1 rings (SSSR count). The first kappa shape index (κ1) is 13.3. The molecule has 0 saturated heterocycles. The van der Waals surface area contributed by atoms with Gasteiger partial charge in [-0.3, -0.25) is 0 Å². The maximum atomic E-state index is 5.28. The molecule has 0 aliphatic rings. The van der Waals surface area contributed by atoms with Crippen molar-refractivity contribution in [2.75, 3.05) is 20.0 Å². The third-order valence-corrected chi connectivity index (χ3v) is 5.40. The Balaban J connectivity index is 2.67. The summed E-state index contributed by atoms with van der Waals surface area (Å²) in [6, 6.07) is 0.225. The van der Waals surface area contributed by atoms with Crippen LogP contribution in [0.2, 0.25) is 0 Å². The van der Waals surface area contributed by atoms with Crippen LogP contribution in [0.5, 0.6) is 6.01 Å². The molecule has 0 aliphatic heterocycles. The van der Waals surface area contributed by atoms with Crippen LogP contribution in [0.25, 0.3) is 0 Å². The minimum absolute atomic E-state index is 0.225. The second-order valence-corrected chi connectivity index (χ2v) is 7.59. The van der Waals surface area contributed by atoms with Crippen LogP contribution >= 0.6 is 30.0 Å². The minimum atomic E-state index is -2.70. The van der Waals surface area contributed by atoms with E-state index < -0.39 is 6.72 Å². The molecule has 0 aliphatic carbocycles. The smallest absolute Gasteiger partial charge is 0.382 e. The van der Waals surface area contributed by atoms with Gasteiger partial charge in [-0.1, -0.05) is 18.7 Å². The van der Waals surface area contributed by atoms with Gasteiger partial charge in [0, 0.05) is 26.0 Å². The van der Waals surface area contributed by atoms with Gasteiger partial charge in [-0.15, -0.1) is 4.37 Å². The van der Waals surface area contributed by atoms with Gasteiger partial charge in [0.25, 0.3) is 0 Å². The summed E-state index contributed by atoms with van der Waals surface area (Å²) in [4.78, 5) is 4.13. The highest BCUT2D eigenvalue weighted by molar-refractivity contribution is 8.07. The summed E-state index contributed by atoms with van der Waals surface area (Å²) >= 11 is 7.89. The fraction of sp³-hybridized carbons (Fsp3) is 0.667. The Bertz CT molecular complexity index is 351. The lowest BCUT2D eigenvalue weighted by Crippen LogP contribution is -1.97. The van der Waals surface area contributed by atoms with E-state index in [-0.39, 0.29) is 6.01 Å². The molecule has 0 amide bonds. The molecule has 0 aromatic carbocycles. The van der Waals surface area contributed by atoms with Crippen LogP contribution < -0.4 is 4.52 Å². The van der Waals surface area contributed by atoms with Crippen LogP contribution in [0, 0.1) is 0 Å². The quantitative estimate of drug-likeness (QED) is 0.588. The predicted octanol–water partition coefficient (Wildman–Crippen LogP) is 2.55. The minimum Gasteiger partial charge on any atom is -0.388 e. The van der Waals surface area contributed by atoms with Gasteiger partial charge in [-0.05, 0) is 17.3 Å². The Hall–Kier alpha value is 0.280. The zero-order valence-corrected chi connectivity index (χ0v) is 11.8. The van der Waals surface area contributed by atoms with E-state index in [1.54, 1.807) is 11.8 Å². The van der Waals surface area contributed by atoms with Crippen molar-refractivity contribution >= 4 is 41.8 Å². The predicted molar refractivity (Wildman–Crippen MR) is 65.2 cm³/mol. The third-order valence-electron chi connectivity index (χ3n) is 1.30. The summed E-state index contributed by atoms with van der Waals surface area (Å²) in [7, 11) is 2.89. The highest BCUT2D eigenvalue weighted by Gasteiger charge is 2.21. The summed E-state index contributed by atoms with van der Waals surface area (Å²) in [5.41, 5.74) is 0. The molecule has 0 N–H and O–H groups in total. The number of nitrogens with zero attached hydrogens (tertiary/aromatic N) is 2. The Morgan fingerprint density at radius 1 is 1.47 bits per heavy atom. The molecule has 1 heterocycles. The van der Waals surface area contributed by atoms with Crippen LogP contribution in [0.3, 0.4) is 0 Å². The van der Waals surface area contributed by atoms with Crippen molar-refractivity contribution in [2.24, 2.45) is 0 Å². The fourth-order valence-corrected chi connectivity index (χ4v) is 2.92. The van der Waals surface area contributed by atoms with E-state index in [0.29, 0.717) is 0 Å². The average molecular weight is 286 g/mol. The van der Waals surface area contributed by atoms with Crippen molar-refractivity contribution in [1.29, 1.82) is 0 Å². The van der Waals surface area contributed by atoms with E-state index >= 15 is 0 Å². The van der Waals surface area contributed by atoms with Crippen molar-refractivity contribution in [1.82, 2.24) is 9.36 Å². The van der Waals surface area contributed by atoms with Crippen LogP contribution in [-0.4, -0.2) is 29.3 Å². The lowest BCUT2D eigenvalue weighted by Gasteiger charge is -2.14.